The van der Waals surface area contributed by atoms with E-state index in [9.17, 15) is 13.2 Å². The summed E-state index contributed by atoms with van der Waals surface area (Å²) in [4.78, 5) is 0. The standard InChI is InChI=1S/C24H20B.C13H30P2.C8H6F3.Ni/c1-5-13-21(14-6-1)25(22-15-7-2-8-16-22,23-17-9-3-10-18-23)24-19-11-4-12-20-24;1-10(2)14(11(3)4)9-15(12(5)6)13(7)8;1-6-2-4-7(5-3-6)8(9,10)11;/h1-20H;10-13H,9H2,1-8H3;2-5H,1H2;/q-1;;-1;+2. The van der Waals surface area contributed by atoms with E-state index in [1.54, 1.807) is 0 Å². The average Bonchev–Trinajstić information content (AvgIpc) is 3.10. The molecular formula is C45H56BF3NiP2. The third kappa shape index (κ3) is 12.7. The number of halogens is 3. The molecule has 0 aliphatic rings. The molecule has 0 N–H and O–H groups in total. The Morgan fingerprint density at radius 1 is 0.462 bits per heavy atom. The SMILES string of the molecule is CC(C)P(CP(C(C)C)C(C)C)C(C)C.[CH2-]c1ccc(C(F)(F)F)cc1.[Ni+2].c1ccc([B-](c2ccccc2)(c2ccccc2)c2ccccc2)cc1. The molecule has 0 atom stereocenters. The van der Waals surface area contributed by atoms with Crippen LogP contribution in [0.4, 0.5) is 13.2 Å². The summed E-state index contributed by atoms with van der Waals surface area (Å²) in [7, 11) is 0.492. The molecule has 0 fully saturated rings. The zero-order chi connectivity index (χ0) is 37.6. The molecule has 5 rings (SSSR count). The number of alkyl halides is 3. The molecule has 0 saturated carbocycles. The van der Waals surface area contributed by atoms with Gasteiger partial charge in [-0.1, -0.05) is 193 Å². The third-order valence-electron chi connectivity index (χ3n) is 9.46. The Hall–Kier alpha value is -2.82. The normalized spacial score (nSPS) is 11.6. The summed E-state index contributed by atoms with van der Waals surface area (Å²) >= 11 is 0. The monoisotopic (exact) mass is 784 g/mol. The minimum absolute atomic E-state index is 0. The number of hydrogen-bond acceptors (Lipinski definition) is 0. The second-order valence-corrected chi connectivity index (χ2v) is 21.6. The molecule has 0 unspecified atom stereocenters. The van der Waals surface area contributed by atoms with Crippen LogP contribution in [0.25, 0.3) is 0 Å². The van der Waals surface area contributed by atoms with Gasteiger partial charge in [-0.2, -0.15) is 59.6 Å². The molecule has 5 aromatic rings. The van der Waals surface area contributed by atoms with Gasteiger partial charge in [0.1, 0.15) is 6.15 Å². The van der Waals surface area contributed by atoms with E-state index in [1.165, 1.54) is 39.9 Å². The van der Waals surface area contributed by atoms with Gasteiger partial charge in [0.05, 0.1) is 0 Å². The van der Waals surface area contributed by atoms with Crippen molar-refractivity contribution in [2.75, 3.05) is 5.90 Å². The van der Waals surface area contributed by atoms with Crippen LogP contribution in [0.5, 0.6) is 0 Å². The van der Waals surface area contributed by atoms with Crippen molar-refractivity contribution >= 4 is 43.8 Å². The van der Waals surface area contributed by atoms with Crippen molar-refractivity contribution in [3.63, 3.8) is 0 Å². The van der Waals surface area contributed by atoms with Crippen molar-refractivity contribution in [3.8, 4) is 0 Å². The van der Waals surface area contributed by atoms with E-state index in [0.717, 1.165) is 34.8 Å². The molecule has 0 saturated heterocycles. The van der Waals surface area contributed by atoms with Gasteiger partial charge in [0.2, 0.25) is 0 Å². The fourth-order valence-corrected chi connectivity index (χ4v) is 16.0. The Morgan fingerprint density at radius 3 is 0.923 bits per heavy atom. The zero-order valence-corrected chi connectivity index (χ0v) is 34.8. The second-order valence-electron chi connectivity index (χ2n) is 14.2. The van der Waals surface area contributed by atoms with Crippen LogP contribution in [0.1, 0.15) is 66.5 Å². The molecule has 0 heterocycles. The number of hydrogen-bond donors (Lipinski definition) is 0. The molecule has 0 bridgehead atoms. The molecule has 0 aliphatic heterocycles. The van der Waals surface area contributed by atoms with Gasteiger partial charge in [-0.05, 0) is 28.5 Å². The van der Waals surface area contributed by atoms with Crippen molar-refractivity contribution in [2.24, 2.45) is 0 Å². The zero-order valence-electron chi connectivity index (χ0n) is 32.0. The fraction of sp³-hybridized carbons (Fsp3) is 0.311. The first kappa shape index (κ1) is 45.3. The number of rotatable bonds is 10. The molecule has 0 nitrogen and oxygen atoms in total. The molecule has 7 heteroatoms. The largest absolute Gasteiger partial charge is 2.00 e. The van der Waals surface area contributed by atoms with Crippen molar-refractivity contribution in [3.05, 3.63) is 164 Å². The van der Waals surface area contributed by atoms with Gasteiger partial charge in [0, 0.05) is 5.56 Å². The average molecular weight is 785 g/mol. The van der Waals surface area contributed by atoms with Gasteiger partial charge >= 0.3 is 22.7 Å². The molecule has 0 radical (unpaired) electrons. The van der Waals surface area contributed by atoms with Crippen LogP contribution in [0.15, 0.2) is 146 Å². The third-order valence-corrected chi connectivity index (χ3v) is 17.4. The molecule has 0 amide bonds. The first-order valence-corrected chi connectivity index (χ1v) is 21.4. The van der Waals surface area contributed by atoms with Crippen LogP contribution in [0, 0.1) is 6.92 Å². The molecule has 0 aliphatic carbocycles. The molecule has 280 valence electrons. The maximum atomic E-state index is 11.9. The Bertz CT molecular complexity index is 1470. The van der Waals surface area contributed by atoms with Crippen LogP contribution in [0.2, 0.25) is 0 Å². The van der Waals surface area contributed by atoms with Crippen molar-refractivity contribution in [2.45, 2.75) is 84.2 Å². The maximum absolute atomic E-state index is 11.9. The summed E-state index contributed by atoms with van der Waals surface area (Å²) in [6, 6.07) is 48.2. The molecule has 0 aromatic heterocycles. The molecule has 5 aromatic carbocycles. The second kappa shape index (κ2) is 21.8. The minimum Gasteiger partial charge on any atom is -0.199 e. The minimum atomic E-state index is -4.24. The first-order valence-electron chi connectivity index (χ1n) is 18.1. The topological polar surface area (TPSA) is 0 Å². The Balaban J connectivity index is 0.000000297. The Kier molecular flexibility index (Phi) is 19.0. The van der Waals surface area contributed by atoms with E-state index in [0.29, 0.717) is 5.56 Å². The van der Waals surface area contributed by atoms with Gasteiger partial charge in [-0.3, -0.25) is 0 Å². The molecule has 52 heavy (non-hydrogen) atoms. The Labute approximate surface area is 325 Å². The summed E-state index contributed by atoms with van der Waals surface area (Å²) in [5.74, 6) is 1.54. The van der Waals surface area contributed by atoms with Gasteiger partial charge in [0.15, 0.2) is 0 Å². The summed E-state index contributed by atoms with van der Waals surface area (Å²) in [6.07, 6.45) is -5.46. The Morgan fingerprint density at radius 2 is 0.712 bits per heavy atom. The quantitative estimate of drug-likeness (QED) is 0.0752. The predicted octanol–water partition coefficient (Wildman–Crippen LogP) is 11.5. The summed E-state index contributed by atoms with van der Waals surface area (Å²) < 4.78 is 35.7. The van der Waals surface area contributed by atoms with Crippen molar-refractivity contribution < 1.29 is 29.7 Å². The van der Waals surface area contributed by atoms with Crippen molar-refractivity contribution in [1.82, 2.24) is 0 Å². The van der Waals surface area contributed by atoms with Crippen LogP contribution >= 0.6 is 15.8 Å². The summed E-state index contributed by atoms with van der Waals surface area (Å²) in [6.45, 7) is 22.8. The van der Waals surface area contributed by atoms with Gasteiger partial charge < -0.3 is 0 Å². The fourth-order valence-electron chi connectivity index (χ4n) is 6.85. The summed E-state index contributed by atoms with van der Waals surface area (Å²) in [5, 5.41) is 0. The smallest absolute Gasteiger partial charge is 0.199 e. The van der Waals surface area contributed by atoms with Gasteiger partial charge in [-0.25, -0.2) is 0 Å². The van der Waals surface area contributed by atoms with Crippen LogP contribution < -0.4 is 21.9 Å². The molecular weight excluding hydrogens is 729 g/mol. The first-order chi connectivity index (χ1) is 24.2. The van der Waals surface area contributed by atoms with Crippen molar-refractivity contribution in [1.29, 1.82) is 0 Å². The van der Waals surface area contributed by atoms with E-state index < -0.39 is 17.9 Å². The van der Waals surface area contributed by atoms with E-state index in [-0.39, 0.29) is 32.3 Å². The molecule has 0 spiro atoms. The van der Waals surface area contributed by atoms with E-state index in [2.05, 4.69) is 184 Å². The van der Waals surface area contributed by atoms with E-state index in [4.69, 9.17) is 0 Å². The van der Waals surface area contributed by atoms with Crippen LogP contribution in [-0.2, 0) is 22.7 Å². The van der Waals surface area contributed by atoms with Gasteiger partial charge in [-0.15, -0.1) is 12.1 Å². The predicted molar refractivity (Wildman–Crippen MR) is 225 cm³/mol. The van der Waals surface area contributed by atoms with E-state index >= 15 is 0 Å². The van der Waals surface area contributed by atoms with E-state index in [1.807, 2.05) is 0 Å². The number of benzene rings is 5. The summed E-state index contributed by atoms with van der Waals surface area (Å²) in [5.41, 5.74) is 8.92. The van der Waals surface area contributed by atoms with Gasteiger partial charge in [0.25, 0.3) is 0 Å². The van der Waals surface area contributed by atoms with Crippen LogP contribution in [0.3, 0.4) is 0 Å². The van der Waals surface area contributed by atoms with Crippen LogP contribution in [-0.4, -0.2) is 34.7 Å². The maximum Gasteiger partial charge on any atom is 2.00 e.